The number of nitrogens with one attached hydrogen (secondary N) is 4. The van der Waals surface area contributed by atoms with Crippen LogP contribution in [0.3, 0.4) is 0 Å². The fourth-order valence-corrected chi connectivity index (χ4v) is 6.89. The van der Waals surface area contributed by atoms with Gasteiger partial charge in [0.1, 0.15) is 23.3 Å². The van der Waals surface area contributed by atoms with E-state index in [4.69, 9.17) is 25.2 Å². The Morgan fingerprint density at radius 1 is 1.00 bits per heavy atom. The van der Waals surface area contributed by atoms with Crippen molar-refractivity contribution in [3.8, 4) is 5.75 Å². The van der Waals surface area contributed by atoms with E-state index in [9.17, 15) is 9.59 Å². The predicted molar refractivity (Wildman–Crippen MR) is 207 cm³/mol. The number of aromatic nitrogens is 5. The topological polar surface area (TPSA) is 186 Å². The van der Waals surface area contributed by atoms with Gasteiger partial charge >= 0.3 is 5.97 Å². The third-order valence-corrected chi connectivity index (χ3v) is 10.1. The number of nitrogens with zero attached hydrogens (tertiary/aromatic N) is 6. The first kappa shape index (κ1) is 40.1. The molecule has 3 heterocycles. The lowest BCUT2D eigenvalue weighted by molar-refractivity contribution is -0.145. The number of amides is 1. The van der Waals surface area contributed by atoms with Crippen molar-refractivity contribution in [1.29, 1.82) is 0 Å². The van der Waals surface area contributed by atoms with Crippen molar-refractivity contribution >= 4 is 34.5 Å². The van der Waals surface area contributed by atoms with E-state index in [0.29, 0.717) is 37.9 Å². The molecule has 1 atom stereocenters. The molecule has 2 fully saturated rings. The Bertz CT molecular complexity index is 1560. The number of esters is 1. The number of carbonyl (C=O) groups excluding carboxylic acids is 2. The van der Waals surface area contributed by atoms with Gasteiger partial charge in [0.15, 0.2) is 0 Å². The highest BCUT2D eigenvalue weighted by molar-refractivity contribution is 5.91. The Balaban J connectivity index is 1.06. The van der Waals surface area contributed by atoms with Crippen molar-refractivity contribution in [2.45, 2.75) is 122 Å². The third-order valence-electron chi connectivity index (χ3n) is 10.1. The van der Waals surface area contributed by atoms with Crippen LogP contribution in [0.5, 0.6) is 5.75 Å². The quantitative estimate of drug-likeness (QED) is 0.0738. The number of likely N-dealkylation sites (tertiary alicyclic amines) is 1. The molecule has 1 aliphatic carbocycles. The second kappa shape index (κ2) is 21.6. The Kier molecular flexibility index (Phi) is 16.3. The van der Waals surface area contributed by atoms with Crippen molar-refractivity contribution in [2.24, 2.45) is 5.73 Å². The molecule has 1 saturated carbocycles. The minimum atomic E-state index is -0.782. The minimum absolute atomic E-state index is 0.00734. The first-order chi connectivity index (χ1) is 25.9. The van der Waals surface area contributed by atoms with Crippen LogP contribution in [0.1, 0.15) is 96.1 Å². The number of rotatable bonds is 22. The summed E-state index contributed by atoms with van der Waals surface area (Å²) in [7, 11) is 1.64. The van der Waals surface area contributed by atoms with Crippen LogP contribution in [0, 0.1) is 0 Å². The molecule has 15 heteroatoms. The standard InChI is InChI=1S/C38H61N11O4/c1-3-4-24-53-37(51)33(39)14-15-35(50)48-22-16-29(17-23-48)43-36-32-13-12-31(52-2)25-34(32)44-38(45-36)42-26-30-27-49(47-46-30)21-9-19-40-18-8-20-41-28-10-6-5-7-11-28/h12-13,25,27-29,33,40-41H,3-11,14-24,26,39H2,1-2H3,(H2,42,43,44,45)/t33-/m0/s1. The van der Waals surface area contributed by atoms with Crippen molar-refractivity contribution in [3.05, 3.63) is 30.1 Å². The van der Waals surface area contributed by atoms with Crippen LogP contribution in [0.4, 0.5) is 11.8 Å². The Hall–Kier alpha value is -4.08. The summed E-state index contributed by atoms with van der Waals surface area (Å²) >= 11 is 0. The summed E-state index contributed by atoms with van der Waals surface area (Å²) in [5.74, 6) is 1.47. The van der Waals surface area contributed by atoms with Crippen LogP contribution in [-0.2, 0) is 27.4 Å². The molecule has 1 saturated heterocycles. The number of unbranched alkanes of at least 4 members (excludes halogenated alkanes) is 1. The number of piperidine rings is 1. The van der Waals surface area contributed by atoms with Crippen molar-refractivity contribution in [1.82, 2.24) is 40.5 Å². The molecule has 1 aliphatic heterocycles. The summed E-state index contributed by atoms with van der Waals surface area (Å²) in [6, 6.07) is 5.83. The largest absolute Gasteiger partial charge is 0.497 e. The highest BCUT2D eigenvalue weighted by Gasteiger charge is 2.25. The Labute approximate surface area is 313 Å². The monoisotopic (exact) mass is 735 g/mol. The molecule has 15 nitrogen and oxygen atoms in total. The van der Waals surface area contributed by atoms with Crippen LogP contribution in [0.2, 0.25) is 0 Å². The lowest BCUT2D eigenvalue weighted by Crippen LogP contribution is -2.43. The van der Waals surface area contributed by atoms with Gasteiger partial charge in [-0.3, -0.25) is 14.3 Å². The van der Waals surface area contributed by atoms with Gasteiger partial charge < -0.3 is 41.4 Å². The number of hydrogen-bond acceptors (Lipinski definition) is 13. The molecule has 3 aromatic rings. The predicted octanol–water partition coefficient (Wildman–Crippen LogP) is 3.99. The van der Waals surface area contributed by atoms with Crippen molar-refractivity contribution in [2.75, 3.05) is 57.1 Å². The van der Waals surface area contributed by atoms with E-state index in [1.165, 1.54) is 32.1 Å². The van der Waals surface area contributed by atoms with Gasteiger partial charge in [-0.15, -0.1) is 5.10 Å². The van der Waals surface area contributed by atoms with E-state index in [1.54, 1.807) is 7.11 Å². The maximum absolute atomic E-state index is 12.9. The van der Waals surface area contributed by atoms with Gasteiger partial charge in [-0.05, 0) is 83.1 Å². The van der Waals surface area contributed by atoms with Gasteiger partial charge in [-0.25, -0.2) is 4.98 Å². The summed E-state index contributed by atoms with van der Waals surface area (Å²) < 4.78 is 12.6. The molecule has 0 unspecified atom stereocenters. The maximum Gasteiger partial charge on any atom is 0.322 e. The number of methoxy groups -OCH3 is 1. The summed E-state index contributed by atoms with van der Waals surface area (Å²) in [6.45, 7) is 7.90. The molecule has 6 N–H and O–H groups in total. The molecule has 1 amide bonds. The van der Waals surface area contributed by atoms with Gasteiger partial charge in [0.2, 0.25) is 11.9 Å². The molecule has 0 radical (unpaired) electrons. The lowest BCUT2D eigenvalue weighted by atomic mass is 9.95. The first-order valence-corrected chi connectivity index (χ1v) is 19.8. The maximum atomic E-state index is 12.9. The molecule has 2 aromatic heterocycles. The zero-order valence-corrected chi connectivity index (χ0v) is 31.8. The number of anilines is 2. The van der Waals surface area contributed by atoms with E-state index in [0.717, 1.165) is 93.2 Å². The third kappa shape index (κ3) is 13.1. The summed E-state index contributed by atoms with van der Waals surface area (Å²) in [5.41, 5.74) is 7.54. The van der Waals surface area contributed by atoms with Crippen LogP contribution in [-0.4, -0.2) is 106 Å². The molecule has 5 rings (SSSR count). The van der Waals surface area contributed by atoms with Crippen LogP contribution in [0.25, 0.3) is 10.9 Å². The van der Waals surface area contributed by atoms with Gasteiger partial charge in [-0.2, -0.15) is 4.98 Å². The van der Waals surface area contributed by atoms with Crippen molar-refractivity contribution in [3.63, 3.8) is 0 Å². The normalized spacial score (nSPS) is 16.1. The van der Waals surface area contributed by atoms with E-state index < -0.39 is 12.0 Å². The fraction of sp³-hybridized carbons (Fsp3) is 0.684. The van der Waals surface area contributed by atoms with Crippen LogP contribution in [0.15, 0.2) is 24.4 Å². The van der Waals surface area contributed by atoms with Gasteiger partial charge in [-0.1, -0.05) is 37.8 Å². The highest BCUT2D eigenvalue weighted by Crippen LogP contribution is 2.28. The van der Waals surface area contributed by atoms with Gasteiger partial charge in [0.05, 0.1) is 32.0 Å². The number of carbonyl (C=O) groups is 2. The van der Waals surface area contributed by atoms with E-state index in [1.807, 2.05) is 40.9 Å². The number of hydrogen-bond donors (Lipinski definition) is 5. The lowest BCUT2D eigenvalue weighted by Gasteiger charge is -2.33. The number of nitrogens with two attached hydrogens (primary N) is 1. The van der Waals surface area contributed by atoms with E-state index in [-0.39, 0.29) is 24.8 Å². The molecular formula is C38H61N11O4. The average Bonchev–Trinajstić information content (AvgIpc) is 3.65. The minimum Gasteiger partial charge on any atom is -0.497 e. The fourth-order valence-electron chi connectivity index (χ4n) is 6.89. The smallest absolute Gasteiger partial charge is 0.322 e. The van der Waals surface area contributed by atoms with Crippen LogP contribution < -0.4 is 31.7 Å². The highest BCUT2D eigenvalue weighted by atomic mass is 16.5. The number of benzene rings is 1. The molecule has 292 valence electrons. The van der Waals surface area contributed by atoms with Gasteiger partial charge in [0, 0.05) is 49.6 Å². The Morgan fingerprint density at radius 3 is 2.60 bits per heavy atom. The molecule has 2 aliphatic rings. The zero-order chi connectivity index (χ0) is 37.3. The molecule has 0 bridgehead atoms. The average molecular weight is 736 g/mol. The SMILES string of the molecule is CCCCOC(=O)[C@@H](N)CCC(=O)N1CCC(Nc2nc(NCc3cn(CCCNCCCNC4CCCCC4)nn3)nc3cc(OC)ccc23)CC1. The molecule has 53 heavy (non-hydrogen) atoms. The van der Waals surface area contributed by atoms with Gasteiger partial charge in [0.25, 0.3) is 0 Å². The number of ether oxygens (including phenoxy) is 2. The summed E-state index contributed by atoms with van der Waals surface area (Å²) in [4.78, 5) is 36.5. The second-order valence-corrected chi connectivity index (χ2v) is 14.3. The summed E-state index contributed by atoms with van der Waals surface area (Å²) in [6.07, 6.45) is 14.7. The van der Waals surface area contributed by atoms with Crippen LogP contribution >= 0.6 is 0 Å². The summed E-state index contributed by atoms with van der Waals surface area (Å²) in [5, 5.41) is 23.8. The molecular weight excluding hydrogens is 674 g/mol. The van der Waals surface area contributed by atoms with E-state index in [2.05, 4.69) is 31.6 Å². The number of fused-ring (bicyclic) bond motifs is 1. The molecule has 0 spiro atoms. The number of aryl methyl sites for hydroxylation is 1. The van der Waals surface area contributed by atoms with E-state index >= 15 is 0 Å². The molecule has 1 aromatic carbocycles. The second-order valence-electron chi connectivity index (χ2n) is 14.3. The van der Waals surface area contributed by atoms with Crippen molar-refractivity contribution < 1.29 is 19.1 Å². The zero-order valence-electron chi connectivity index (χ0n) is 31.8. The Morgan fingerprint density at radius 2 is 1.81 bits per heavy atom. The first-order valence-electron chi connectivity index (χ1n) is 19.8.